The highest BCUT2D eigenvalue weighted by molar-refractivity contribution is 5.85. The van der Waals surface area contributed by atoms with Gasteiger partial charge >= 0.3 is 0 Å². The molecule has 1 aliphatic rings. The molecule has 3 nitrogen and oxygen atoms in total. The minimum absolute atomic E-state index is 0. The van der Waals surface area contributed by atoms with Gasteiger partial charge in [-0.2, -0.15) is 0 Å². The summed E-state index contributed by atoms with van der Waals surface area (Å²) in [5, 5.41) is 14.0. The Hall–Kier alpha value is -1.99. The van der Waals surface area contributed by atoms with E-state index < -0.39 is 6.10 Å². The molecule has 0 radical (unpaired) electrons. The van der Waals surface area contributed by atoms with Crippen LogP contribution in [0.15, 0.2) is 48.5 Å². The lowest BCUT2D eigenvalue weighted by Crippen LogP contribution is -2.33. The molecule has 3 rings (SSSR count). The predicted octanol–water partition coefficient (Wildman–Crippen LogP) is 3.69. The number of hydrogen-bond acceptors (Lipinski definition) is 3. The third-order valence-electron chi connectivity index (χ3n) is 4.71. The molecule has 4 heteroatoms. The van der Waals surface area contributed by atoms with Gasteiger partial charge in [-0.1, -0.05) is 48.4 Å². The van der Waals surface area contributed by atoms with Crippen LogP contribution in [-0.4, -0.2) is 24.4 Å². The molecule has 0 fully saturated rings. The van der Waals surface area contributed by atoms with E-state index in [0.29, 0.717) is 19.0 Å². The number of hydrogen-bond donors (Lipinski definition) is 2. The summed E-state index contributed by atoms with van der Waals surface area (Å²) < 4.78 is 5.56. The molecule has 0 bridgehead atoms. The van der Waals surface area contributed by atoms with Gasteiger partial charge in [-0.15, -0.1) is 18.8 Å². The number of para-hydroxylation sites is 1. The lowest BCUT2D eigenvalue weighted by Gasteiger charge is -2.27. The largest absolute Gasteiger partial charge is 0.481 e. The summed E-state index contributed by atoms with van der Waals surface area (Å²) >= 11 is 0. The van der Waals surface area contributed by atoms with Gasteiger partial charge in [0.05, 0.1) is 6.10 Å². The van der Waals surface area contributed by atoms with Gasteiger partial charge in [0.25, 0.3) is 0 Å². The Morgan fingerprint density at radius 3 is 2.81 bits per heavy atom. The van der Waals surface area contributed by atoms with Crippen molar-refractivity contribution in [1.82, 2.24) is 5.32 Å². The molecule has 0 amide bonds. The predicted molar refractivity (Wildman–Crippen MR) is 108 cm³/mol. The first kappa shape index (κ1) is 20.3. The van der Waals surface area contributed by atoms with Crippen molar-refractivity contribution in [3.8, 4) is 18.1 Å². The highest BCUT2D eigenvalue weighted by atomic mass is 35.5. The SMILES string of the molecule is C#CCOc1ccccc1CC(O)CNC1CCCc2ccccc21.Cl. The average molecular weight is 372 g/mol. The summed E-state index contributed by atoms with van der Waals surface area (Å²) in [6.07, 6.45) is 8.79. The number of halogens is 1. The molecule has 0 aliphatic heterocycles. The fourth-order valence-corrected chi connectivity index (χ4v) is 3.50. The van der Waals surface area contributed by atoms with Crippen LogP contribution in [-0.2, 0) is 12.8 Å². The molecule has 0 saturated carbocycles. The number of benzene rings is 2. The summed E-state index contributed by atoms with van der Waals surface area (Å²) in [5.74, 6) is 3.23. The molecule has 0 aromatic heterocycles. The van der Waals surface area contributed by atoms with Crippen LogP contribution in [0.25, 0.3) is 0 Å². The summed E-state index contributed by atoms with van der Waals surface area (Å²) in [4.78, 5) is 0. The van der Waals surface area contributed by atoms with Gasteiger partial charge in [-0.3, -0.25) is 0 Å². The minimum atomic E-state index is -0.468. The first-order chi connectivity index (χ1) is 12.3. The van der Waals surface area contributed by atoms with Crippen molar-refractivity contribution in [2.75, 3.05) is 13.2 Å². The number of aryl methyl sites for hydroxylation is 1. The molecular formula is C22H26ClNO2. The van der Waals surface area contributed by atoms with Gasteiger partial charge in [-0.25, -0.2) is 0 Å². The van der Waals surface area contributed by atoms with Crippen molar-refractivity contribution in [1.29, 1.82) is 0 Å². The van der Waals surface area contributed by atoms with Crippen LogP contribution in [0.4, 0.5) is 0 Å². The van der Waals surface area contributed by atoms with Gasteiger partial charge in [0.2, 0.25) is 0 Å². The van der Waals surface area contributed by atoms with Crippen molar-refractivity contribution < 1.29 is 9.84 Å². The number of terminal acetylenes is 1. The average Bonchev–Trinajstić information content (AvgIpc) is 2.65. The second-order valence-corrected chi connectivity index (χ2v) is 6.51. The first-order valence-corrected chi connectivity index (χ1v) is 8.91. The van der Waals surface area contributed by atoms with Crippen molar-refractivity contribution in [2.24, 2.45) is 0 Å². The second-order valence-electron chi connectivity index (χ2n) is 6.51. The van der Waals surface area contributed by atoms with Gasteiger partial charge in [-0.05, 0) is 42.0 Å². The molecule has 1 aliphatic carbocycles. The Morgan fingerprint density at radius 2 is 1.96 bits per heavy atom. The zero-order valence-corrected chi connectivity index (χ0v) is 15.7. The van der Waals surface area contributed by atoms with Crippen molar-refractivity contribution >= 4 is 12.4 Å². The maximum atomic E-state index is 10.5. The normalized spacial score (nSPS) is 16.7. The van der Waals surface area contributed by atoms with Crippen LogP contribution in [0.5, 0.6) is 5.75 Å². The smallest absolute Gasteiger partial charge is 0.148 e. The van der Waals surface area contributed by atoms with E-state index in [2.05, 4.69) is 35.5 Å². The molecule has 2 aromatic carbocycles. The zero-order valence-electron chi connectivity index (χ0n) is 14.9. The summed E-state index contributed by atoms with van der Waals surface area (Å²) in [7, 11) is 0. The maximum Gasteiger partial charge on any atom is 0.148 e. The van der Waals surface area contributed by atoms with Crippen LogP contribution < -0.4 is 10.1 Å². The highest BCUT2D eigenvalue weighted by Gasteiger charge is 2.20. The Labute approximate surface area is 162 Å². The Bertz CT molecular complexity index is 741. The Morgan fingerprint density at radius 1 is 1.19 bits per heavy atom. The quantitative estimate of drug-likeness (QED) is 0.729. The zero-order chi connectivity index (χ0) is 17.5. The third-order valence-corrected chi connectivity index (χ3v) is 4.71. The van der Waals surface area contributed by atoms with Crippen molar-refractivity contribution in [2.45, 2.75) is 37.8 Å². The van der Waals surface area contributed by atoms with Gasteiger partial charge in [0, 0.05) is 19.0 Å². The van der Waals surface area contributed by atoms with E-state index in [0.717, 1.165) is 24.2 Å². The van der Waals surface area contributed by atoms with E-state index >= 15 is 0 Å². The molecule has 0 heterocycles. The number of rotatable bonds is 7. The van der Waals surface area contributed by atoms with E-state index in [9.17, 15) is 5.11 Å². The third kappa shape index (κ3) is 5.25. The Kier molecular flexibility index (Phi) is 8.00. The minimum Gasteiger partial charge on any atom is -0.481 e. The van der Waals surface area contributed by atoms with E-state index in [1.807, 2.05) is 24.3 Å². The molecule has 0 saturated heterocycles. The van der Waals surface area contributed by atoms with Crippen LogP contribution in [0.1, 0.15) is 35.6 Å². The summed E-state index contributed by atoms with van der Waals surface area (Å²) in [5.41, 5.74) is 3.78. The first-order valence-electron chi connectivity index (χ1n) is 8.91. The number of fused-ring (bicyclic) bond motifs is 1. The molecule has 2 N–H and O–H groups in total. The number of ether oxygens (including phenoxy) is 1. The van der Waals surface area contributed by atoms with E-state index in [4.69, 9.17) is 11.2 Å². The van der Waals surface area contributed by atoms with Crippen LogP contribution in [0, 0.1) is 12.3 Å². The molecule has 2 atom stereocenters. The van der Waals surface area contributed by atoms with Crippen molar-refractivity contribution in [3.63, 3.8) is 0 Å². The molecule has 26 heavy (non-hydrogen) atoms. The molecule has 2 aromatic rings. The molecule has 0 spiro atoms. The van der Waals surface area contributed by atoms with Crippen LogP contribution in [0.2, 0.25) is 0 Å². The summed E-state index contributed by atoms with van der Waals surface area (Å²) in [6, 6.07) is 16.7. The van der Waals surface area contributed by atoms with Gasteiger partial charge in [0.15, 0.2) is 0 Å². The molecule has 2 unspecified atom stereocenters. The molecule has 138 valence electrons. The van der Waals surface area contributed by atoms with E-state index in [1.54, 1.807) is 0 Å². The van der Waals surface area contributed by atoms with Gasteiger partial charge in [0.1, 0.15) is 12.4 Å². The number of aliphatic hydroxyl groups excluding tert-OH is 1. The van der Waals surface area contributed by atoms with Crippen LogP contribution >= 0.6 is 12.4 Å². The van der Waals surface area contributed by atoms with Crippen molar-refractivity contribution in [3.05, 3.63) is 65.2 Å². The topological polar surface area (TPSA) is 41.5 Å². The van der Waals surface area contributed by atoms with Gasteiger partial charge < -0.3 is 15.2 Å². The summed E-state index contributed by atoms with van der Waals surface area (Å²) in [6.45, 7) is 0.798. The second kappa shape index (κ2) is 10.2. The molecular weight excluding hydrogens is 346 g/mol. The Balaban J connectivity index is 0.00000243. The number of nitrogens with one attached hydrogen (secondary N) is 1. The standard InChI is InChI=1S/C22H25NO2.ClH/c1-2-14-25-22-13-6-4-9-18(22)15-19(24)16-23-21-12-7-10-17-8-3-5-11-20(17)21;/h1,3-6,8-9,11,13,19,21,23-24H,7,10,12,14-16H2;1H. The van der Waals surface area contributed by atoms with E-state index in [1.165, 1.54) is 17.5 Å². The van der Waals surface area contributed by atoms with E-state index in [-0.39, 0.29) is 19.0 Å². The lowest BCUT2D eigenvalue weighted by molar-refractivity contribution is 0.164. The fraction of sp³-hybridized carbons (Fsp3) is 0.364. The monoisotopic (exact) mass is 371 g/mol. The highest BCUT2D eigenvalue weighted by Crippen LogP contribution is 2.29. The number of aliphatic hydroxyl groups is 1. The fourth-order valence-electron chi connectivity index (χ4n) is 3.50. The van der Waals surface area contributed by atoms with Crippen LogP contribution in [0.3, 0.4) is 0 Å². The maximum absolute atomic E-state index is 10.5. The lowest BCUT2D eigenvalue weighted by atomic mass is 9.87.